The molecule has 4 heteroatoms. The van der Waals surface area contributed by atoms with Gasteiger partial charge in [0.15, 0.2) is 0 Å². The molecule has 2 aliphatic heterocycles. The molecular formula is C12H22N2O2. The Hall–Kier alpha value is -0.610. The molecule has 2 saturated heterocycles. The van der Waals surface area contributed by atoms with Gasteiger partial charge in [0.05, 0.1) is 12.1 Å². The van der Waals surface area contributed by atoms with E-state index < -0.39 is 0 Å². The molecule has 0 aromatic rings. The van der Waals surface area contributed by atoms with Gasteiger partial charge in [-0.2, -0.15) is 0 Å². The Morgan fingerprint density at radius 2 is 2.38 bits per heavy atom. The van der Waals surface area contributed by atoms with Crippen LogP contribution in [0.15, 0.2) is 0 Å². The Morgan fingerprint density at radius 1 is 1.56 bits per heavy atom. The molecule has 2 rings (SSSR count). The van der Waals surface area contributed by atoms with Crippen molar-refractivity contribution in [2.45, 2.75) is 32.2 Å². The maximum atomic E-state index is 12.0. The lowest BCUT2D eigenvalue weighted by molar-refractivity contribution is -0.161. The molecule has 2 fully saturated rings. The number of nitrogens with one attached hydrogen (secondary N) is 1. The molecule has 1 N–H and O–H groups in total. The molecule has 0 aromatic heterocycles. The lowest BCUT2D eigenvalue weighted by Crippen LogP contribution is -2.66. The van der Waals surface area contributed by atoms with Crippen molar-refractivity contribution < 1.29 is 9.53 Å². The number of carbonyl (C=O) groups excluding carboxylic acids is 1. The van der Waals surface area contributed by atoms with Crippen LogP contribution in [0.2, 0.25) is 0 Å². The van der Waals surface area contributed by atoms with E-state index in [9.17, 15) is 4.79 Å². The monoisotopic (exact) mass is 226 g/mol. The van der Waals surface area contributed by atoms with Gasteiger partial charge < -0.3 is 15.0 Å². The maximum absolute atomic E-state index is 12.0. The zero-order valence-electron chi connectivity index (χ0n) is 10.3. The van der Waals surface area contributed by atoms with E-state index >= 15 is 0 Å². The summed E-state index contributed by atoms with van der Waals surface area (Å²) >= 11 is 0. The highest BCUT2D eigenvalue weighted by Crippen LogP contribution is 2.28. The molecule has 1 atom stereocenters. The molecule has 2 aliphatic rings. The highest BCUT2D eigenvalue weighted by atomic mass is 16.5. The topological polar surface area (TPSA) is 41.6 Å². The SMILES string of the molecule is CC(C)CN1C(=O)COCC12CCCNC2. The van der Waals surface area contributed by atoms with E-state index in [4.69, 9.17) is 4.74 Å². The van der Waals surface area contributed by atoms with Gasteiger partial charge in [0.1, 0.15) is 6.61 Å². The summed E-state index contributed by atoms with van der Waals surface area (Å²) in [5.74, 6) is 0.671. The summed E-state index contributed by atoms with van der Waals surface area (Å²) in [5, 5.41) is 3.40. The Bertz CT molecular complexity index is 254. The zero-order chi connectivity index (χ0) is 11.6. The second kappa shape index (κ2) is 4.72. The molecule has 1 unspecified atom stereocenters. The first-order chi connectivity index (χ1) is 7.64. The van der Waals surface area contributed by atoms with Crippen LogP contribution >= 0.6 is 0 Å². The van der Waals surface area contributed by atoms with Crippen LogP contribution in [0, 0.1) is 5.92 Å². The normalized spacial score (nSPS) is 31.4. The summed E-state index contributed by atoms with van der Waals surface area (Å²) < 4.78 is 5.46. The summed E-state index contributed by atoms with van der Waals surface area (Å²) in [7, 11) is 0. The highest BCUT2D eigenvalue weighted by Gasteiger charge is 2.43. The van der Waals surface area contributed by atoms with Crippen LogP contribution in [0.3, 0.4) is 0 Å². The third-order valence-electron chi connectivity index (χ3n) is 3.47. The second-order valence-electron chi connectivity index (χ2n) is 5.40. The molecule has 0 saturated carbocycles. The average molecular weight is 226 g/mol. The third-order valence-corrected chi connectivity index (χ3v) is 3.47. The van der Waals surface area contributed by atoms with Crippen LogP contribution in [0.1, 0.15) is 26.7 Å². The van der Waals surface area contributed by atoms with Crippen molar-refractivity contribution in [2.75, 3.05) is 32.8 Å². The van der Waals surface area contributed by atoms with Crippen molar-refractivity contribution in [1.29, 1.82) is 0 Å². The lowest BCUT2D eigenvalue weighted by Gasteiger charge is -2.49. The van der Waals surface area contributed by atoms with E-state index in [0.717, 1.165) is 32.5 Å². The maximum Gasteiger partial charge on any atom is 0.249 e. The Morgan fingerprint density at radius 3 is 3.00 bits per heavy atom. The van der Waals surface area contributed by atoms with Crippen molar-refractivity contribution in [2.24, 2.45) is 5.92 Å². The quantitative estimate of drug-likeness (QED) is 0.750. The summed E-state index contributed by atoms with van der Waals surface area (Å²) in [4.78, 5) is 14.0. The second-order valence-corrected chi connectivity index (χ2v) is 5.40. The number of rotatable bonds is 2. The van der Waals surface area contributed by atoms with Gasteiger partial charge in [0, 0.05) is 13.1 Å². The molecule has 0 aromatic carbocycles. The van der Waals surface area contributed by atoms with E-state index in [1.807, 2.05) is 0 Å². The molecule has 0 radical (unpaired) electrons. The molecule has 0 bridgehead atoms. The van der Waals surface area contributed by atoms with Crippen LogP contribution in [-0.2, 0) is 9.53 Å². The number of morpholine rings is 1. The smallest absolute Gasteiger partial charge is 0.249 e. The molecule has 2 heterocycles. The first-order valence-corrected chi connectivity index (χ1v) is 6.23. The largest absolute Gasteiger partial charge is 0.369 e. The van der Waals surface area contributed by atoms with E-state index in [1.54, 1.807) is 0 Å². The van der Waals surface area contributed by atoms with Gasteiger partial charge >= 0.3 is 0 Å². The minimum absolute atomic E-state index is 0.0716. The van der Waals surface area contributed by atoms with Gasteiger partial charge in [-0.3, -0.25) is 4.79 Å². The lowest BCUT2D eigenvalue weighted by atomic mass is 9.87. The summed E-state index contributed by atoms with van der Waals surface area (Å²) in [5.41, 5.74) is -0.0716. The number of hydrogen-bond donors (Lipinski definition) is 1. The fraction of sp³-hybridized carbons (Fsp3) is 0.917. The number of piperidine rings is 1. The number of nitrogens with zero attached hydrogens (tertiary/aromatic N) is 1. The molecule has 16 heavy (non-hydrogen) atoms. The van der Waals surface area contributed by atoms with Crippen molar-refractivity contribution >= 4 is 5.91 Å². The Balaban J connectivity index is 2.14. The van der Waals surface area contributed by atoms with Gasteiger partial charge in [-0.15, -0.1) is 0 Å². The minimum atomic E-state index is -0.0716. The van der Waals surface area contributed by atoms with Gasteiger partial charge in [-0.1, -0.05) is 13.8 Å². The van der Waals surface area contributed by atoms with Crippen LogP contribution in [0.4, 0.5) is 0 Å². The minimum Gasteiger partial charge on any atom is -0.369 e. The first-order valence-electron chi connectivity index (χ1n) is 6.23. The van der Waals surface area contributed by atoms with E-state index in [2.05, 4.69) is 24.1 Å². The van der Waals surface area contributed by atoms with Crippen LogP contribution in [-0.4, -0.2) is 49.2 Å². The van der Waals surface area contributed by atoms with Crippen LogP contribution < -0.4 is 5.32 Å². The number of hydrogen-bond acceptors (Lipinski definition) is 3. The summed E-state index contributed by atoms with van der Waals surface area (Å²) in [6.07, 6.45) is 2.20. The van der Waals surface area contributed by atoms with E-state index in [-0.39, 0.29) is 18.1 Å². The Labute approximate surface area is 97.3 Å². The summed E-state index contributed by atoms with van der Waals surface area (Å²) in [6, 6.07) is 0. The first kappa shape index (κ1) is 11.9. The highest BCUT2D eigenvalue weighted by molar-refractivity contribution is 5.79. The third kappa shape index (κ3) is 2.23. The predicted octanol–water partition coefficient (Wildman–Crippen LogP) is 0.623. The van der Waals surface area contributed by atoms with E-state index in [1.165, 1.54) is 0 Å². The van der Waals surface area contributed by atoms with Crippen molar-refractivity contribution in [1.82, 2.24) is 10.2 Å². The zero-order valence-corrected chi connectivity index (χ0v) is 10.3. The molecule has 92 valence electrons. The predicted molar refractivity (Wildman–Crippen MR) is 62.2 cm³/mol. The number of carbonyl (C=O) groups is 1. The fourth-order valence-corrected chi connectivity index (χ4v) is 2.71. The Kier molecular flexibility index (Phi) is 3.50. The molecule has 0 aliphatic carbocycles. The number of ether oxygens (including phenoxy) is 1. The van der Waals surface area contributed by atoms with Gasteiger partial charge in [-0.05, 0) is 25.3 Å². The standard InChI is InChI=1S/C12H22N2O2/c1-10(2)6-14-11(15)7-16-9-12(14)4-3-5-13-8-12/h10,13H,3-9H2,1-2H3. The van der Waals surface area contributed by atoms with Gasteiger partial charge in [-0.25, -0.2) is 0 Å². The molecule has 1 spiro atoms. The molecule has 1 amide bonds. The van der Waals surface area contributed by atoms with Crippen LogP contribution in [0.5, 0.6) is 0 Å². The molecule has 4 nitrogen and oxygen atoms in total. The average Bonchev–Trinajstić information content (AvgIpc) is 2.25. The van der Waals surface area contributed by atoms with Crippen molar-refractivity contribution in [3.63, 3.8) is 0 Å². The van der Waals surface area contributed by atoms with E-state index in [0.29, 0.717) is 12.5 Å². The molecular weight excluding hydrogens is 204 g/mol. The van der Waals surface area contributed by atoms with Crippen molar-refractivity contribution in [3.05, 3.63) is 0 Å². The van der Waals surface area contributed by atoms with Gasteiger partial charge in [0.2, 0.25) is 5.91 Å². The van der Waals surface area contributed by atoms with Crippen molar-refractivity contribution in [3.8, 4) is 0 Å². The number of amides is 1. The van der Waals surface area contributed by atoms with Crippen LogP contribution in [0.25, 0.3) is 0 Å². The fourth-order valence-electron chi connectivity index (χ4n) is 2.71. The summed E-state index contributed by atoms with van der Waals surface area (Å²) in [6.45, 7) is 8.06. The van der Waals surface area contributed by atoms with Gasteiger partial charge in [0.25, 0.3) is 0 Å².